The number of carbonyl (C=O) groups excluding carboxylic acids is 2. The maximum absolute atomic E-state index is 12.5. The first-order chi connectivity index (χ1) is 11.1. The molecular formula is C17H12N2O4. The van der Waals surface area contributed by atoms with Crippen molar-refractivity contribution in [2.24, 2.45) is 0 Å². The van der Waals surface area contributed by atoms with Gasteiger partial charge in [-0.25, -0.2) is 5.01 Å². The number of hydrazine groups is 1. The molecule has 1 saturated heterocycles. The van der Waals surface area contributed by atoms with Gasteiger partial charge in [-0.15, -0.1) is 0 Å². The summed E-state index contributed by atoms with van der Waals surface area (Å²) < 4.78 is 0. The lowest BCUT2D eigenvalue weighted by molar-refractivity contribution is -0.138. The van der Waals surface area contributed by atoms with Crippen LogP contribution in [0, 0.1) is 0 Å². The molecule has 2 amide bonds. The smallest absolute Gasteiger partial charge is 0.324 e. The van der Waals surface area contributed by atoms with Gasteiger partial charge < -0.3 is 5.11 Å². The highest BCUT2D eigenvalue weighted by Crippen LogP contribution is 2.46. The molecule has 1 fully saturated rings. The molecule has 0 aliphatic carbocycles. The van der Waals surface area contributed by atoms with Crippen molar-refractivity contribution in [1.29, 1.82) is 0 Å². The Labute approximate surface area is 131 Å². The van der Waals surface area contributed by atoms with Crippen molar-refractivity contribution >= 4 is 17.8 Å². The van der Waals surface area contributed by atoms with Crippen molar-refractivity contribution in [2.75, 3.05) is 0 Å². The number of carboxylic acid groups (broad SMARTS) is 1. The highest BCUT2D eigenvalue weighted by atomic mass is 16.4. The number of fused-ring (bicyclic) bond motifs is 1. The van der Waals surface area contributed by atoms with Crippen LogP contribution < -0.4 is 0 Å². The molecule has 3 unspecified atom stereocenters. The number of carboxylic acids is 1. The van der Waals surface area contributed by atoms with E-state index >= 15 is 0 Å². The van der Waals surface area contributed by atoms with E-state index in [9.17, 15) is 19.5 Å². The van der Waals surface area contributed by atoms with E-state index in [2.05, 4.69) is 0 Å². The largest absolute Gasteiger partial charge is 0.480 e. The first kappa shape index (κ1) is 13.7. The maximum atomic E-state index is 12.5. The average Bonchev–Trinajstić information content (AvgIpc) is 3.25. The standard InChI is InChI=1S/C17H12N2O4/c20-15-11-8-4-5-9-12(11)16(21)19(15)18-13(14(18)17(22)23)10-6-2-1-3-7-10/h1-9,13-14H,(H,22,23). The van der Waals surface area contributed by atoms with Crippen molar-refractivity contribution < 1.29 is 19.5 Å². The summed E-state index contributed by atoms with van der Waals surface area (Å²) in [6.07, 6.45) is 0. The molecule has 2 aromatic carbocycles. The number of carbonyl (C=O) groups is 3. The van der Waals surface area contributed by atoms with Crippen LogP contribution in [0.1, 0.15) is 32.3 Å². The molecule has 23 heavy (non-hydrogen) atoms. The number of benzene rings is 2. The normalized spacial score (nSPS) is 25.4. The zero-order chi connectivity index (χ0) is 16.1. The fourth-order valence-corrected chi connectivity index (χ4v) is 3.09. The number of nitrogens with zero attached hydrogens (tertiary/aromatic N) is 2. The molecule has 1 N–H and O–H groups in total. The molecule has 3 atom stereocenters. The minimum Gasteiger partial charge on any atom is -0.480 e. The number of rotatable bonds is 3. The Morgan fingerprint density at radius 3 is 1.91 bits per heavy atom. The zero-order valence-corrected chi connectivity index (χ0v) is 11.9. The van der Waals surface area contributed by atoms with Crippen molar-refractivity contribution in [3.8, 4) is 0 Å². The van der Waals surface area contributed by atoms with Gasteiger partial charge in [0.25, 0.3) is 11.8 Å². The first-order valence-electron chi connectivity index (χ1n) is 7.15. The molecule has 0 aromatic heterocycles. The Morgan fingerprint density at radius 1 is 0.870 bits per heavy atom. The maximum Gasteiger partial charge on any atom is 0.324 e. The number of imide groups is 1. The molecule has 0 saturated carbocycles. The number of amides is 2. The summed E-state index contributed by atoms with van der Waals surface area (Å²) in [5, 5.41) is 11.7. The van der Waals surface area contributed by atoms with Gasteiger partial charge in [0.05, 0.1) is 17.2 Å². The lowest BCUT2D eigenvalue weighted by Gasteiger charge is -2.15. The molecule has 0 bridgehead atoms. The molecule has 0 radical (unpaired) electrons. The highest BCUT2D eigenvalue weighted by Gasteiger charge is 2.61. The van der Waals surface area contributed by atoms with E-state index in [1.165, 1.54) is 5.01 Å². The second-order valence-electron chi connectivity index (χ2n) is 5.49. The first-order valence-corrected chi connectivity index (χ1v) is 7.15. The summed E-state index contributed by atoms with van der Waals surface area (Å²) in [5.74, 6) is -2.01. The van der Waals surface area contributed by atoms with Crippen LogP contribution in [0.2, 0.25) is 0 Å². The second kappa shape index (κ2) is 4.76. The number of hydrogen-bond acceptors (Lipinski definition) is 4. The van der Waals surface area contributed by atoms with Gasteiger partial charge >= 0.3 is 5.97 Å². The van der Waals surface area contributed by atoms with Gasteiger partial charge in [-0.05, 0) is 17.7 Å². The molecular weight excluding hydrogens is 296 g/mol. The topological polar surface area (TPSA) is 77.7 Å². The van der Waals surface area contributed by atoms with Crippen LogP contribution in [-0.2, 0) is 4.79 Å². The Hall–Kier alpha value is -2.99. The molecule has 2 aliphatic rings. The van der Waals surface area contributed by atoms with E-state index in [0.29, 0.717) is 11.1 Å². The number of aliphatic carboxylic acids is 1. The second-order valence-corrected chi connectivity index (χ2v) is 5.49. The third-order valence-electron chi connectivity index (χ3n) is 4.18. The van der Waals surface area contributed by atoms with Crippen molar-refractivity contribution in [3.05, 3.63) is 71.3 Å². The summed E-state index contributed by atoms with van der Waals surface area (Å²) in [6.45, 7) is 0. The number of hydrogen-bond donors (Lipinski definition) is 1. The van der Waals surface area contributed by atoms with E-state index in [-0.39, 0.29) is 0 Å². The van der Waals surface area contributed by atoms with E-state index in [0.717, 1.165) is 10.6 Å². The van der Waals surface area contributed by atoms with Gasteiger partial charge in [0.15, 0.2) is 0 Å². The molecule has 6 nitrogen and oxygen atoms in total. The minimum atomic E-state index is -1.06. The zero-order valence-electron chi connectivity index (χ0n) is 11.9. The Kier molecular flexibility index (Phi) is 2.82. The van der Waals surface area contributed by atoms with Crippen LogP contribution in [0.15, 0.2) is 54.6 Å². The van der Waals surface area contributed by atoms with Crippen LogP contribution >= 0.6 is 0 Å². The Bertz CT molecular complexity index is 798. The quantitative estimate of drug-likeness (QED) is 0.690. The summed E-state index contributed by atoms with van der Waals surface area (Å²) in [7, 11) is 0. The average molecular weight is 308 g/mol. The van der Waals surface area contributed by atoms with E-state index in [1.807, 2.05) is 6.07 Å². The van der Waals surface area contributed by atoms with Crippen LogP contribution in [0.5, 0.6) is 0 Å². The van der Waals surface area contributed by atoms with Crippen LogP contribution in [0.4, 0.5) is 0 Å². The van der Waals surface area contributed by atoms with E-state index in [1.54, 1.807) is 48.5 Å². The van der Waals surface area contributed by atoms with Crippen LogP contribution in [0.3, 0.4) is 0 Å². The van der Waals surface area contributed by atoms with Crippen LogP contribution in [0.25, 0.3) is 0 Å². The van der Waals surface area contributed by atoms with Gasteiger partial charge in [0, 0.05) is 0 Å². The Morgan fingerprint density at radius 2 is 1.39 bits per heavy atom. The third kappa shape index (κ3) is 1.89. The molecule has 4 rings (SSSR count). The monoisotopic (exact) mass is 308 g/mol. The van der Waals surface area contributed by atoms with E-state index < -0.39 is 29.9 Å². The minimum absolute atomic E-state index is 0.306. The van der Waals surface area contributed by atoms with Crippen molar-refractivity contribution in [2.45, 2.75) is 12.1 Å². The molecule has 2 aliphatic heterocycles. The van der Waals surface area contributed by atoms with Crippen LogP contribution in [-0.4, -0.2) is 38.9 Å². The fraction of sp³-hybridized carbons (Fsp3) is 0.118. The van der Waals surface area contributed by atoms with Gasteiger partial charge in [-0.3, -0.25) is 14.4 Å². The van der Waals surface area contributed by atoms with Crippen molar-refractivity contribution in [1.82, 2.24) is 10.0 Å². The summed E-state index contributed by atoms with van der Waals surface area (Å²) in [5.41, 5.74) is 1.37. The van der Waals surface area contributed by atoms with Gasteiger partial charge in [-0.2, -0.15) is 5.01 Å². The fourth-order valence-electron chi connectivity index (χ4n) is 3.09. The Balaban J connectivity index is 1.72. The third-order valence-corrected chi connectivity index (χ3v) is 4.18. The molecule has 2 aromatic rings. The SMILES string of the molecule is O=C(O)C1C(c2ccccc2)N1N1C(=O)c2ccccc2C1=O. The lowest BCUT2D eigenvalue weighted by Crippen LogP contribution is -2.37. The summed E-state index contributed by atoms with van der Waals surface area (Å²) in [6, 6.07) is 14.1. The van der Waals surface area contributed by atoms with Gasteiger partial charge in [0.1, 0.15) is 6.04 Å². The summed E-state index contributed by atoms with van der Waals surface area (Å²) >= 11 is 0. The highest BCUT2D eigenvalue weighted by molar-refractivity contribution is 6.21. The van der Waals surface area contributed by atoms with Gasteiger partial charge in [-0.1, -0.05) is 42.5 Å². The predicted octanol–water partition coefficient (Wildman–Crippen LogP) is 1.71. The van der Waals surface area contributed by atoms with Gasteiger partial charge in [0.2, 0.25) is 0 Å². The lowest BCUT2D eigenvalue weighted by atomic mass is 10.1. The molecule has 114 valence electrons. The summed E-state index contributed by atoms with van der Waals surface area (Å²) in [4.78, 5) is 36.5. The van der Waals surface area contributed by atoms with Crippen molar-refractivity contribution in [3.63, 3.8) is 0 Å². The predicted molar refractivity (Wildman–Crippen MR) is 79.4 cm³/mol. The molecule has 6 heteroatoms. The molecule has 2 heterocycles. The van der Waals surface area contributed by atoms with E-state index in [4.69, 9.17) is 0 Å². The molecule has 0 spiro atoms.